The topological polar surface area (TPSA) is 41.7 Å². The summed E-state index contributed by atoms with van der Waals surface area (Å²) >= 11 is 0. The van der Waals surface area contributed by atoms with Crippen molar-refractivity contribution in [3.8, 4) is 0 Å². The van der Waals surface area contributed by atoms with Crippen LogP contribution in [0.5, 0.6) is 0 Å². The molecule has 0 saturated carbocycles. The van der Waals surface area contributed by atoms with Gasteiger partial charge in [-0.15, -0.1) is 0 Å². The fraction of sp³-hybridized carbons (Fsp3) is 0.526. The number of nitrogens with zero attached hydrogens (tertiary/aromatic N) is 3. The Labute approximate surface area is 143 Å². The summed E-state index contributed by atoms with van der Waals surface area (Å²) in [6.07, 6.45) is 6.05. The highest BCUT2D eigenvalue weighted by atomic mass is 16.5. The number of hydrogen-bond donors (Lipinski definition) is 0. The maximum absolute atomic E-state index is 6.00. The number of piperidine rings is 1. The van der Waals surface area contributed by atoms with Crippen LogP contribution in [0.25, 0.3) is 0 Å². The molecular weight excluding hydrogens is 302 g/mol. The third-order valence-electron chi connectivity index (χ3n) is 5.11. The summed E-state index contributed by atoms with van der Waals surface area (Å²) in [5.74, 6) is 2.11. The van der Waals surface area contributed by atoms with E-state index in [2.05, 4.69) is 33.0 Å². The van der Waals surface area contributed by atoms with Crippen molar-refractivity contribution in [2.75, 3.05) is 44.3 Å². The molecule has 1 atom stereocenters. The van der Waals surface area contributed by atoms with Gasteiger partial charge in [0.05, 0.1) is 26.0 Å². The lowest BCUT2D eigenvalue weighted by Gasteiger charge is -2.43. The van der Waals surface area contributed by atoms with Crippen LogP contribution >= 0.6 is 0 Å². The van der Waals surface area contributed by atoms with Gasteiger partial charge < -0.3 is 14.1 Å². The second-order valence-corrected chi connectivity index (χ2v) is 7.06. The smallest absolute Gasteiger partial charge is 0.128 e. The zero-order chi connectivity index (χ0) is 16.2. The number of aromatic nitrogens is 1. The molecule has 2 fully saturated rings. The van der Waals surface area contributed by atoms with Gasteiger partial charge >= 0.3 is 0 Å². The van der Waals surface area contributed by atoms with Crippen LogP contribution in [0.3, 0.4) is 0 Å². The first kappa shape index (κ1) is 15.7. The Bertz CT molecular complexity index is 631. The highest BCUT2D eigenvalue weighted by Gasteiger charge is 2.39. The predicted molar refractivity (Wildman–Crippen MR) is 92.9 cm³/mol. The summed E-state index contributed by atoms with van der Waals surface area (Å²) in [7, 11) is 0. The first-order valence-corrected chi connectivity index (χ1v) is 8.82. The van der Waals surface area contributed by atoms with Crippen molar-refractivity contribution >= 4 is 5.82 Å². The third-order valence-corrected chi connectivity index (χ3v) is 5.11. The van der Waals surface area contributed by atoms with E-state index in [1.165, 1.54) is 12.8 Å². The minimum Gasteiger partial charge on any atom is -0.468 e. The van der Waals surface area contributed by atoms with E-state index in [9.17, 15) is 0 Å². The van der Waals surface area contributed by atoms with Crippen LogP contribution in [0.4, 0.5) is 5.82 Å². The van der Waals surface area contributed by atoms with E-state index in [0.717, 1.165) is 57.5 Å². The van der Waals surface area contributed by atoms with Crippen LogP contribution in [0.1, 0.15) is 18.6 Å². The molecule has 2 saturated heterocycles. The molecule has 2 aromatic rings. The first-order valence-electron chi connectivity index (χ1n) is 8.82. The fourth-order valence-electron chi connectivity index (χ4n) is 4.04. The maximum atomic E-state index is 6.00. The number of furan rings is 1. The van der Waals surface area contributed by atoms with Crippen LogP contribution in [0.15, 0.2) is 47.2 Å². The minimum atomic E-state index is 0.179. The standard InChI is InChI=1S/C19H25N3O2/c1-2-8-20-18(6-1)22-10-12-23-16-19(15-22)7-4-9-21(14-19)13-17-5-3-11-24-17/h1-3,5-6,8,11H,4,7,9-10,12-16H2. The number of anilines is 1. The summed E-state index contributed by atoms with van der Waals surface area (Å²) in [6.45, 7) is 6.61. The Morgan fingerprint density at radius 1 is 1.12 bits per heavy atom. The van der Waals surface area contributed by atoms with Gasteiger partial charge in [0.2, 0.25) is 0 Å². The average molecular weight is 327 g/mol. The van der Waals surface area contributed by atoms with Crippen molar-refractivity contribution in [3.63, 3.8) is 0 Å². The zero-order valence-electron chi connectivity index (χ0n) is 14.1. The van der Waals surface area contributed by atoms with Gasteiger partial charge in [-0.05, 0) is 43.7 Å². The SMILES string of the molecule is c1ccc(N2CCOCC3(CCCN(Cc4ccco4)C3)C2)nc1. The quantitative estimate of drug-likeness (QED) is 0.867. The molecule has 2 aromatic heterocycles. The second kappa shape index (κ2) is 6.95. The van der Waals surface area contributed by atoms with Crippen molar-refractivity contribution < 1.29 is 9.15 Å². The molecule has 2 aliphatic rings. The summed E-state index contributed by atoms with van der Waals surface area (Å²) in [5, 5.41) is 0. The lowest BCUT2D eigenvalue weighted by molar-refractivity contribution is 0.00879. The van der Waals surface area contributed by atoms with Crippen molar-refractivity contribution in [3.05, 3.63) is 48.6 Å². The van der Waals surface area contributed by atoms with Gasteiger partial charge in [-0.3, -0.25) is 4.90 Å². The number of pyridine rings is 1. The minimum absolute atomic E-state index is 0.179. The van der Waals surface area contributed by atoms with Gasteiger partial charge in [0.25, 0.3) is 0 Å². The van der Waals surface area contributed by atoms with E-state index in [-0.39, 0.29) is 5.41 Å². The van der Waals surface area contributed by atoms with E-state index in [1.807, 2.05) is 18.3 Å². The molecular formula is C19H25N3O2. The molecule has 0 amide bonds. The molecule has 0 radical (unpaired) electrons. The van der Waals surface area contributed by atoms with Crippen LogP contribution in [0.2, 0.25) is 0 Å². The average Bonchev–Trinajstić information content (AvgIpc) is 3.03. The van der Waals surface area contributed by atoms with Crippen molar-refractivity contribution in [1.82, 2.24) is 9.88 Å². The molecule has 5 heteroatoms. The molecule has 0 aromatic carbocycles. The molecule has 0 N–H and O–H groups in total. The van der Waals surface area contributed by atoms with Gasteiger partial charge in [-0.25, -0.2) is 4.98 Å². The van der Waals surface area contributed by atoms with Crippen LogP contribution in [-0.4, -0.2) is 49.3 Å². The van der Waals surface area contributed by atoms with E-state index < -0.39 is 0 Å². The van der Waals surface area contributed by atoms with Gasteiger partial charge in [-0.1, -0.05) is 6.07 Å². The van der Waals surface area contributed by atoms with Crippen LogP contribution < -0.4 is 4.90 Å². The summed E-state index contributed by atoms with van der Waals surface area (Å²) in [5.41, 5.74) is 0.179. The van der Waals surface area contributed by atoms with Gasteiger partial charge in [0, 0.05) is 31.2 Å². The lowest BCUT2D eigenvalue weighted by Crippen LogP contribution is -2.50. The molecule has 1 unspecified atom stereocenters. The van der Waals surface area contributed by atoms with Crippen LogP contribution in [-0.2, 0) is 11.3 Å². The highest BCUT2D eigenvalue weighted by molar-refractivity contribution is 5.38. The predicted octanol–water partition coefficient (Wildman–Crippen LogP) is 2.79. The van der Waals surface area contributed by atoms with E-state index in [4.69, 9.17) is 9.15 Å². The van der Waals surface area contributed by atoms with Gasteiger partial charge in [0.1, 0.15) is 11.6 Å². The number of ether oxygens (including phenoxy) is 1. The molecule has 4 rings (SSSR count). The molecule has 128 valence electrons. The maximum Gasteiger partial charge on any atom is 0.128 e. The third kappa shape index (κ3) is 3.47. The molecule has 5 nitrogen and oxygen atoms in total. The Balaban J connectivity index is 1.49. The summed E-state index contributed by atoms with van der Waals surface area (Å²) < 4.78 is 11.5. The Morgan fingerprint density at radius 3 is 2.96 bits per heavy atom. The van der Waals surface area contributed by atoms with E-state index >= 15 is 0 Å². The molecule has 2 aliphatic heterocycles. The van der Waals surface area contributed by atoms with Crippen LogP contribution in [0, 0.1) is 5.41 Å². The van der Waals surface area contributed by atoms with Crippen molar-refractivity contribution in [2.24, 2.45) is 5.41 Å². The monoisotopic (exact) mass is 327 g/mol. The summed E-state index contributed by atoms with van der Waals surface area (Å²) in [4.78, 5) is 9.44. The number of likely N-dealkylation sites (tertiary alicyclic amines) is 1. The normalized spacial score (nSPS) is 25.8. The second-order valence-electron chi connectivity index (χ2n) is 7.06. The van der Waals surface area contributed by atoms with Gasteiger partial charge in [0.15, 0.2) is 0 Å². The summed E-state index contributed by atoms with van der Waals surface area (Å²) in [6, 6.07) is 10.2. The number of hydrogen-bond acceptors (Lipinski definition) is 5. The fourth-order valence-corrected chi connectivity index (χ4v) is 4.04. The van der Waals surface area contributed by atoms with Crippen molar-refractivity contribution in [1.29, 1.82) is 0 Å². The highest BCUT2D eigenvalue weighted by Crippen LogP contribution is 2.34. The molecule has 4 heterocycles. The first-order chi connectivity index (χ1) is 11.8. The van der Waals surface area contributed by atoms with E-state index in [0.29, 0.717) is 0 Å². The van der Waals surface area contributed by atoms with Crippen molar-refractivity contribution in [2.45, 2.75) is 19.4 Å². The molecule has 0 aliphatic carbocycles. The number of rotatable bonds is 3. The molecule has 0 bridgehead atoms. The molecule has 24 heavy (non-hydrogen) atoms. The lowest BCUT2D eigenvalue weighted by atomic mass is 9.80. The Hall–Kier alpha value is -1.85. The zero-order valence-corrected chi connectivity index (χ0v) is 14.1. The Morgan fingerprint density at radius 2 is 2.12 bits per heavy atom. The molecule has 1 spiro atoms. The Kier molecular flexibility index (Phi) is 4.54. The largest absolute Gasteiger partial charge is 0.468 e. The van der Waals surface area contributed by atoms with E-state index in [1.54, 1.807) is 6.26 Å². The van der Waals surface area contributed by atoms with Gasteiger partial charge in [-0.2, -0.15) is 0 Å².